The van der Waals surface area contributed by atoms with Gasteiger partial charge in [0.25, 0.3) is 11.8 Å². The summed E-state index contributed by atoms with van der Waals surface area (Å²) in [5, 5.41) is 3.69. The van der Waals surface area contributed by atoms with Crippen LogP contribution in [0.3, 0.4) is 0 Å². The van der Waals surface area contributed by atoms with Crippen LogP contribution in [0.5, 0.6) is 0 Å². The van der Waals surface area contributed by atoms with Gasteiger partial charge in [0.15, 0.2) is 0 Å². The molecule has 0 aromatic heterocycles. The lowest BCUT2D eigenvalue weighted by molar-refractivity contribution is -0.131. The Morgan fingerprint density at radius 3 is 2.07 bits per heavy atom. The zero-order valence-electron chi connectivity index (χ0n) is 15.3. The van der Waals surface area contributed by atoms with Gasteiger partial charge in [-0.05, 0) is 30.3 Å². The Kier molecular flexibility index (Phi) is 7.00. The van der Waals surface area contributed by atoms with Gasteiger partial charge in [0, 0.05) is 41.8 Å². The number of nitrogens with zero attached hydrogens (tertiary/aromatic N) is 2. The molecule has 0 atom stereocenters. The van der Waals surface area contributed by atoms with Crippen molar-refractivity contribution >= 4 is 52.5 Å². The van der Waals surface area contributed by atoms with Crippen LogP contribution in [0.2, 0.25) is 15.1 Å². The molecule has 0 radical (unpaired) electrons. The molecule has 1 fully saturated rings. The fraction of sp³-hybridized carbons (Fsp3) is 0.250. The highest BCUT2D eigenvalue weighted by molar-refractivity contribution is 6.35. The van der Waals surface area contributed by atoms with Crippen molar-refractivity contribution in [3.05, 3.63) is 68.7 Å². The first-order valence-corrected chi connectivity index (χ1v) is 10.0. The predicted octanol–water partition coefficient (Wildman–Crippen LogP) is 3.36. The number of piperazine rings is 1. The van der Waals surface area contributed by atoms with Crippen molar-refractivity contribution in [1.29, 1.82) is 0 Å². The molecule has 152 valence electrons. The Balaban J connectivity index is 1.51. The maximum absolute atomic E-state index is 12.6. The minimum absolute atomic E-state index is 0.137. The summed E-state index contributed by atoms with van der Waals surface area (Å²) in [5.41, 5.74) is 0.729. The molecule has 29 heavy (non-hydrogen) atoms. The number of nitrogens with one attached hydrogen (secondary N) is 1. The maximum Gasteiger partial charge on any atom is 0.254 e. The highest BCUT2D eigenvalue weighted by Gasteiger charge is 2.25. The van der Waals surface area contributed by atoms with Gasteiger partial charge in [-0.3, -0.25) is 14.4 Å². The first-order valence-electron chi connectivity index (χ1n) is 8.91. The highest BCUT2D eigenvalue weighted by atomic mass is 35.5. The van der Waals surface area contributed by atoms with Crippen LogP contribution >= 0.6 is 34.8 Å². The summed E-state index contributed by atoms with van der Waals surface area (Å²) in [6.07, 6.45) is 0. The van der Waals surface area contributed by atoms with Crippen LogP contribution in [0.1, 0.15) is 20.7 Å². The lowest BCUT2D eigenvalue weighted by atomic mass is 10.1. The third kappa shape index (κ3) is 5.41. The predicted molar refractivity (Wildman–Crippen MR) is 113 cm³/mol. The number of carbonyl (C=O) groups excluding carboxylic acids is 3. The number of hydrogen-bond donors (Lipinski definition) is 1. The number of halogens is 3. The topological polar surface area (TPSA) is 69.7 Å². The monoisotopic (exact) mass is 453 g/mol. The molecule has 2 aromatic rings. The van der Waals surface area contributed by atoms with E-state index >= 15 is 0 Å². The van der Waals surface area contributed by atoms with Gasteiger partial charge < -0.3 is 15.1 Å². The summed E-state index contributed by atoms with van der Waals surface area (Å²) in [5.74, 6) is -0.813. The second-order valence-corrected chi connectivity index (χ2v) is 7.77. The Labute approximate surface area is 183 Å². The number of carbonyl (C=O) groups is 3. The SMILES string of the molecule is O=C(NCC(=O)N1CCN(C(=O)c2cc(Cl)cc(Cl)c2)CC1)c1ccccc1Cl. The van der Waals surface area contributed by atoms with Crippen molar-refractivity contribution in [2.24, 2.45) is 0 Å². The maximum atomic E-state index is 12.6. The van der Waals surface area contributed by atoms with Crippen LogP contribution in [0, 0.1) is 0 Å². The molecular weight excluding hydrogens is 437 g/mol. The minimum atomic E-state index is -0.407. The first-order chi connectivity index (χ1) is 13.8. The smallest absolute Gasteiger partial charge is 0.254 e. The van der Waals surface area contributed by atoms with Crippen molar-refractivity contribution < 1.29 is 14.4 Å². The summed E-state index contributed by atoms with van der Waals surface area (Å²) in [6, 6.07) is 11.3. The van der Waals surface area contributed by atoms with E-state index in [1.165, 1.54) is 0 Å². The van der Waals surface area contributed by atoms with Crippen LogP contribution in [0.4, 0.5) is 0 Å². The average Bonchev–Trinajstić information content (AvgIpc) is 2.71. The number of rotatable bonds is 4. The molecule has 9 heteroatoms. The molecule has 1 aliphatic heterocycles. The van der Waals surface area contributed by atoms with E-state index in [4.69, 9.17) is 34.8 Å². The molecule has 0 bridgehead atoms. The molecule has 0 spiro atoms. The normalized spacial score (nSPS) is 13.9. The number of hydrogen-bond acceptors (Lipinski definition) is 3. The number of benzene rings is 2. The third-order valence-corrected chi connectivity index (χ3v) is 5.31. The molecule has 0 aliphatic carbocycles. The molecular formula is C20H18Cl3N3O3. The Bertz CT molecular complexity index is 923. The largest absolute Gasteiger partial charge is 0.343 e. The van der Waals surface area contributed by atoms with Crippen LogP contribution in [-0.4, -0.2) is 60.2 Å². The average molecular weight is 455 g/mol. The van der Waals surface area contributed by atoms with Crippen LogP contribution in [-0.2, 0) is 4.79 Å². The summed E-state index contributed by atoms with van der Waals surface area (Å²) in [7, 11) is 0. The van der Waals surface area contributed by atoms with E-state index in [1.54, 1.807) is 52.3 Å². The Morgan fingerprint density at radius 2 is 1.45 bits per heavy atom. The van der Waals surface area contributed by atoms with E-state index in [0.29, 0.717) is 52.4 Å². The molecule has 1 N–H and O–H groups in total. The van der Waals surface area contributed by atoms with E-state index in [0.717, 1.165) is 0 Å². The van der Waals surface area contributed by atoms with Gasteiger partial charge in [-0.1, -0.05) is 46.9 Å². The first kappa shape index (κ1) is 21.4. The van der Waals surface area contributed by atoms with Gasteiger partial charge in [0.05, 0.1) is 17.1 Å². The second kappa shape index (κ2) is 9.48. The third-order valence-electron chi connectivity index (χ3n) is 4.55. The molecule has 1 aliphatic rings. The molecule has 1 heterocycles. The zero-order valence-corrected chi connectivity index (χ0v) is 17.6. The van der Waals surface area contributed by atoms with Gasteiger partial charge in [-0.2, -0.15) is 0 Å². The fourth-order valence-electron chi connectivity index (χ4n) is 3.03. The second-order valence-electron chi connectivity index (χ2n) is 6.49. The van der Waals surface area contributed by atoms with Gasteiger partial charge >= 0.3 is 0 Å². The fourth-order valence-corrected chi connectivity index (χ4v) is 3.77. The van der Waals surface area contributed by atoms with Gasteiger partial charge in [-0.25, -0.2) is 0 Å². The molecule has 6 nitrogen and oxygen atoms in total. The molecule has 3 rings (SSSR count). The molecule has 0 unspecified atom stereocenters. The highest BCUT2D eigenvalue weighted by Crippen LogP contribution is 2.21. The van der Waals surface area contributed by atoms with Crippen LogP contribution in [0.25, 0.3) is 0 Å². The summed E-state index contributed by atoms with van der Waals surface area (Å²) in [6.45, 7) is 1.38. The summed E-state index contributed by atoms with van der Waals surface area (Å²) >= 11 is 17.9. The standard InChI is InChI=1S/C20H18Cl3N3O3/c21-14-9-13(10-15(22)11-14)20(29)26-7-5-25(6-8-26)18(27)12-24-19(28)16-3-1-2-4-17(16)23/h1-4,9-11H,5-8,12H2,(H,24,28). The van der Waals surface area contributed by atoms with Gasteiger partial charge in [0.2, 0.25) is 5.91 Å². The zero-order chi connectivity index (χ0) is 21.0. The van der Waals surface area contributed by atoms with Crippen LogP contribution in [0.15, 0.2) is 42.5 Å². The van der Waals surface area contributed by atoms with Crippen molar-refractivity contribution in [2.75, 3.05) is 32.7 Å². The molecule has 0 saturated carbocycles. The van der Waals surface area contributed by atoms with E-state index < -0.39 is 5.91 Å². The van der Waals surface area contributed by atoms with Crippen molar-refractivity contribution in [2.45, 2.75) is 0 Å². The van der Waals surface area contributed by atoms with E-state index in [1.807, 2.05) is 0 Å². The molecule has 3 amide bonds. The lowest BCUT2D eigenvalue weighted by Crippen LogP contribution is -2.52. The molecule has 2 aromatic carbocycles. The van der Waals surface area contributed by atoms with Gasteiger partial charge in [0.1, 0.15) is 0 Å². The van der Waals surface area contributed by atoms with Gasteiger partial charge in [-0.15, -0.1) is 0 Å². The van der Waals surface area contributed by atoms with E-state index in [9.17, 15) is 14.4 Å². The quantitative estimate of drug-likeness (QED) is 0.770. The van der Waals surface area contributed by atoms with Crippen molar-refractivity contribution in [3.8, 4) is 0 Å². The van der Waals surface area contributed by atoms with E-state index in [2.05, 4.69) is 5.32 Å². The Hall–Kier alpha value is -2.28. The lowest BCUT2D eigenvalue weighted by Gasteiger charge is -2.35. The van der Waals surface area contributed by atoms with Crippen molar-refractivity contribution in [3.63, 3.8) is 0 Å². The van der Waals surface area contributed by atoms with E-state index in [-0.39, 0.29) is 18.4 Å². The summed E-state index contributed by atoms with van der Waals surface area (Å²) in [4.78, 5) is 40.4. The van der Waals surface area contributed by atoms with Crippen molar-refractivity contribution in [1.82, 2.24) is 15.1 Å². The minimum Gasteiger partial charge on any atom is -0.343 e. The number of amides is 3. The molecule has 1 saturated heterocycles. The summed E-state index contributed by atoms with van der Waals surface area (Å²) < 4.78 is 0. The Morgan fingerprint density at radius 1 is 0.862 bits per heavy atom. The van der Waals surface area contributed by atoms with Crippen LogP contribution < -0.4 is 5.32 Å².